The number of aromatic hydroxyl groups is 1. The first-order valence-electron chi connectivity index (χ1n) is 6.51. The standard InChI is InChI=1S/C15H10Br2N4O2/c1-21-12-3-2-9(16)5-11(12)13(15(21)23)19-20-14(22)8-4-10(17)7-18-6-8/h2-7,23H,1H3. The fourth-order valence-corrected chi connectivity index (χ4v) is 2.89. The van der Waals surface area contributed by atoms with E-state index in [1.165, 1.54) is 6.20 Å². The third-order valence-corrected chi connectivity index (χ3v) is 4.22. The Bertz CT molecular complexity index is 950. The topological polar surface area (TPSA) is 79.8 Å². The van der Waals surface area contributed by atoms with Gasteiger partial charge < -0.3 is 9.67 Å². The summed E-state index contributed by atoms with van der Waals surface area (Å²) < 4.78 is 3.10. The number of rotatable bonds is 2. The first-order valence-corrected chi connectivity index (χ1v) is 8.09. The summed E-state index contributed by atoms with van der Waals surface area (Å²) in [7, 11) is 1.71. The van der Waals surface area contributed by atoms with Crippen molar-refractivity contribution >= 4 is 54.4 Å². The molecule has 0 bridgehead atoms. The third-order valence-electron chi connectivity index (χ3n) is 3.30. The molecule has 116 valence electrons. The molecule has 2 heterocycles. The quantitative estimate of drug-likeness (QED) is 0.588. The van der Waals surface area contributed by atoms with Crippen LogP contribution in [0.15, 0.2) is 55.8 Å². The van der Waals surface area contributed by atoms with Crippen molar-refractivity contribution in [3.05, 3.63) is 51.2 Å². The van der Waals surface area contributed by atoms with Gasteiger partial charge in [-0.1, -0.05) is 15.9 Å². The van der Waals surface area contributed by atoms with Gasteiger partial charge in [-0.2, -0.15) is 0 Å². The molecule has 0 saturated heterocycles. The molecule has 0 atom stereocenters. The lowest BCUT2D eigenvalue weighted by Crippen LogP contribution is -1.94. The molecule has 0 radical (unpaired) electrons. The second-order valence-electron chi connectivity index (χ2n) is 4.79. The third kappa shape index (κ3) is 3.04. The molecule has 23 heavy (non-hydrogen) atoms. The van der Waals surface area contributed by atoms with Crippen LogP contribution in [0.1, 0.15) is 10.4 Å². The molecule has 0 aliphatic rings. The Kier molecular flexibility index (Phi) is 4.27. The van der Waals surface area contributed by atoms with Crippen LogP contribution in [-0.4, -0.2) is 20.6 Å². The number of aromatic nitrogens is 2. The van der Waals surface area contributed by atoms with Crippen LogP contribution in [0.5, 0.6) is 5.88 Å². The van der Waals surface area contributed by atoms with Gasteiger partial charge in [0.2, 0.25) is 5.88 Å². The van der Waals surface area contributed by atoms with E-state index >= 15 is 0 Å². The molecule has 1 N–H and O–H groups in total. The number of aryl methyl sites for hydroxylation is 1. The van der Waals surface area contributed by atoms with Crippen molar-refractivity contribution in [2.24, 2.45) is 17.3 Å². The van der Waals surface area contributed by atoms with E-state index < -0.39 is 5.91 Å². The number of fused-ring (bicyclic) bond motifs is 1. The molecule has 0 saturated carbocycles. The maximum atomic E-state index is 12.1. The van der Waals surface area contributed by atoms with E-state index in [0.717, 1.165) is 9.99 Å². The predicted molar refractivity (Wildman–Crippen MR) is 93.1 cm³/mol. The summed E-state index contributed by atoms with van der Waals surface area (Å²) in [5, 5.41) is 18.5. The number of azo groups is 1. The lowest BCUT2D eigenvalue weighted by Gasteiger charge is -1.96. The smallest absolute Gasteiger partial charge is 0.297 e. The van der Waals surface area contributed by atoms with Gasteiger partial charge in [-0.15, -0.1) is 10.2 Å². The van der Waals surface area contributed by atoms with Gasteiger partial charge in [-0.3, -0.25) is 9.78 Å². The predicted octanol–water partition coefficient (Wildman–Crippen LogP) is 4.73. The molecule has 2 aromatic heterocycles. The van der Waals surface area contributed by atoms with E-state index in [0.29, 0.717) is 15.4 Å². The Labute approximate surface area is 148 Å². The van der Waals surface area contributed by atoms with Gasteiger partial charge in [0.1, 0.15) is 0 Å². The van der Waals surface area contributed by atoms with E-state index in [1.54, 1.807) is 23.9 Å². The van der Waals surface area contributed by atoms with Gasteiger partial charge in [0.05, 0.1) is 11.1 Å². The Morgan fingerprint density at radius 2 is 2.00 bits per heavy atom. The highest BCUT2D eigenvalue weighted by atomic mass is 79.9. The molecule has 1 amide bonds. The number of carbonyl (C=O) groups is 1. The first-order chi connectivity index (χ1) is 11.0. The van der Waals surface area contributed by atoms with Crippen LogP contribution in [0.3, 0.4) is 0 Å². The molecular formula is C15H10Br2N4O2. The normalized spacial score (nSPS) is 11.4. The number of hydrogen-bond acceptors (Lipinski definition) is 4. The van der Waals surface area contributed by atoms with Crippen LogP contribution in [0.25, 0.3) is 10.9 Å². The van der Waals surface area contributed by atoms with Crippen molar-refractivity contribution in [2.45, 2.75) is 0 Å². The van der Waals surface area contributed by atoms with E-state index in [1.807, 2.05) is 18.2 Å². The van der Waals surface area contributed by atoms with Gasteiger partial charge in [-0.05, 0) is 40.2 Å². The number of amides is 1. The number of halogens is 2. The molecule has 6 nitrogen and oxygen atoms in total. The maximum absolute atomic E-state index is 12.1. The van der Waals surface area contributed by atoms with Crippen LogP contribution in [-0.2, 0) is 7.05 Å². The zero-order valence-corrected chi connectivity index (χ0v) is 15.0. The lowest BCUT2D eigenvalue weighted by molar-refractivity contribution is 0.0994. The van der Waals surface area contributed by atoms with Crippen molar-refractivity contribution in [1.29, 1.82) is 0 Å². The van der Waals surface area contributed by atoms with Crippen molar-refractivity contribution in [2.75, 3.05) is 0 Å². The molecule has 8 heteroatoms. The van der Waals surface area contributed by atoms with E-state index in [4.69, 9.17) is 0 Å². The average molecular weight is 438 g/mol. The zero-order valence-electron chi connectivity index (χ0n) is 11.9. The second kappa shape index (κ2) is 6.21. The van der Waals surface area contributed by atoms with Crippen LogP contribution in [0.4, 0.5) is 5.69 Å². The summed E-state index contributed by atoms with van der Waals surface area (Å²) in [5.74, 6) is -0.591. The minimum absolute atomic E-state index is 0.0537. The van der Waals surface area contributed by atoms with E-state index in [-0.39, 0.29) is 11.6 Å². The zero-order chi connectivity index (χ0) is 16.6. The van der Waals surface area contributed by atoms with E-state index in [2.05, 4.69) is 47.1 Å². The average Bonchev–Trinajstić information content (AvgIpc) is 2.76. The highest BCUT2D eigenvalue weighted by molar-refractivity contribution is 9.10. The summed E-state index contributed by atoms with van der Waals surface area (Å²) in [6, 6.07) is 7.13. The summed E-state index contributed by atoms with van der Waals surface area (Å²) in [6.45, 7) is 0. The second-order valence-corrected chi connectivity index (χ2v) is 6.62. The van der Waals surface area contributed by atoms with Crippen molar-refractivity contribution in [3.63, 3.8) is 0 Å². The summed E-state index contributed by atoms with van der Waals surface area (Å²) >= 11 is 6.63. The van der Waals surface area contributed by atoms with Crippen LogP contribution in [0, 0.1) is 0 Å². The number of hydrogen-bond donors (Lipinski definition) is 1. The summed E-state index contributed by atoms with van der Waals surface area (Å²) in [6.07, 6.45) is 2.98. The van der Waals surface area contributed by atoms with Crippen LogP contribution < -0.4 is 0 Å². The Hall–Kier alpha value is -2.06. The monoisotopic (exact) mass is 436 g/mol. The molecule has 0 aliphatic carbocycles. The highest BCUT2D eigenvalue weighted by Gasteiger charge is 2.15. The molecule has 0 unspecified atom stereocenters. The van der Waals surface area contributed by atoms with Gasteiger partial charge in [0, 0.05) is 33.8 Å². The lowest BCUT2D eigenvalue weighted by atomic mass is 10.2. The number of benzene rings is 1. The maximum Gasteiger partial charge on any atom is 0.297 e. The molecule has 0 aliphatic heterocycles. The van der Waals surface area contributed by atoms with Crippen molar-refractivity contribution in [3.8, 4) is 5.88 Å². The summed E-state index contributed by atoms with van der Waals surface area (Å²) in [5.41, 5.74) is 1.35. The SMILES string of the molecule is Cn1c(O)c(N=NC(=O)c2cncc(Br)c2)c2cc(Br)ccc21. The van der Waals surface area contributed by atoms with Crippen molar-refractivity contribution in [1.82, 2.24) is 9.55 Å². The summed E-state index contributed by atoms with van der Waals surface area (Å²) in [4.78, 5) is 16.0. The fraction of sp³-hybridized carbons (Fsp3) is 0.0667. The molecule has 3 rings (SSSR count). The molecule has 3 aromatic rings. The van der Waals surface area contributed by atoms with Crippen LogP contribution in [0.2, 0.25) is 0 Å². The minimum Gasteiger partial charge on any atom is -0.493 e. The minimum atomic E-state index is -0.537. The van der Waals surface area contributed by atoms with Gasteiger partial charge in [-0.25, -0.2) is 0 Å². The van der Waals surface area contributed by atoms with Crippen LogP contribution >= 0.6 is 31.9 Å². The molecule has 0 fully saturated rings. The number of pyridine rings is 1. The molecule has 1 aromatic carbocycles. The molecule has 0 spiro atoms. The highest BCUT2D eigenvalue weighted by Crippen LogP contribution is 2.39. The number of nitrogens with zero attached hydrogens (tertiary/aromatic N) is 4. The van der Waals surface area contributed by atoms with Gasteiger partial charge in [0.15, 0.2) is 5.69 Å². The Balaban J connectivity index is 2.03. The fourth-order valence-electron chi connectivity index (χ4n) is 2.16. The van der Waals surface area contributed by atoms with Gasteiger partial charge in [0.25, 0.3) is 5.91 Å². The van der Waals surface area contributed by atoms with Crippen molar-refractivity contribution < 1.29 is 9.90 Å². The van der Waals surface area contributed by atoms with E-state index in [9.17, 15) is 9.90 Å². The Morgan fingerprint density at radius 3 is 2.74 bits per heavy atom. The first kappa shape index (κ1) is 15.8. The molecular weight excluding hydrogens is 428 g/mol. The number of carbonyl (C=O) groups excluding carboxylic acids is 1. The van der Waals surface area contributed by atoms with Gasteiger partial charge >= 0.3 is 0 Å². The largest absolute Gasteiger partial charge is 0.493 e. The Morgan fingerprint density at radius 1 is 1.22 bits per heavy atom.